The maximum Gasteiger partial charge on any atom is 0.0704 e. The van der Waals surface area contributed by atoms with E-state index in [1.165, 1.54) is 0 Å². The summed E-state index contributed by atoms with van der Waals surface area (Å²) < 4.78 is 0. The van der Waals surface area contributed by atoms with E-state index in [0.717, 1.165) is 24.3 Å². The SMILES string of the molecule is c1cnc2c(c1)NNCC2. The van der Waals surface area contributed by atoms with Crippen molar-refractivity contribution in [3.05, 3.63) is 24.0 Å². The molecule has 3 nitrogen and oxygen atoms in total. The molecule has 0 fully saturated rings. The number of fused-ring (bicyclic) bond motifs is 1. The molecule has 0 amide bonds. The Balaban J connectivity index is 2.41. The highest BCUT2D eigenvalue weighted by molar-refractivity contribution is 5.47. The highest BCUT2D eigenvalue weighted by Gasteiger charge is 2.05. The summed E-state index contributed by atoms with van der Waals surface area (Å²) in [6.45, 7) is 0.962. The Labute approximate surface area is 59.4 Å². The molecule has 2 rings (SSSR count). The van der Waals surface area contributed by atoms with E-state index in [1.807, 2.05) is 18.3 Å². The van der Waals surface area contributed by atoms with Crippen molar-refractivity contribution in [2.75, 3.05) is 12.0 Å². The monoisotopic (exact) mass is 135 g/mol. The van der Waals surface area contributed by atoms with Gasteiger partial charge in [-0.3, -0.25) is 4.98 Å². The lowest BCUT2D eigenvalue weighted by molar-refractivity contribution is 0.729. The van der Waals surface area contributed by atoms with E-state index in [4.69, 9.17) is 0 Å². The Bertz CT molecular complexity index is 209. The average molecular weight is 135 g/mol. The van der Waals surface area contributed by atoms with E-state index in [9.17, 15) is 0 Å². The number of hydrogen-bond donors (Lipinski definition) is 2. The molecule has 0 bridgehead atoms. The van der Waals surface area contributed by atoms with Gasteiger partial charge in [-0.2, -0.15) is 0 Å². The molecule has 1 aliphatic rings. The van der Waals surface area contributed by atoms with Crippen LogP contribution in [0.4, 0.5) is 5.69 Å². The van der Waals surface area contributed by atoms with E-state index >= 15 is 0 Å². The fourth-order valence-corrected chi connectivity index (χ4v) is 1.09. The number of hydrogen-bond acceptors (Lipinski definition) is 3. The maximum atomic E-state index is 4.22. The zero-order valence-corrected chi connectivity index (χ0v) is 5.59. The molecule has 0 saturated heterocycles. The molecule has 0 saturated carbocycles. The van der Waals surface area contributed by atoms with Gasteiger partial charge in [0.05, 0.1) is 11.4 Å². The summed E-state index contributed by atoms with van der Waals surface area (Å²) in [7, 11) is 0. The van der Waals surface area contributed by atoms with Crippen molar-refractivity contribution in [1.82, 2.24) is 10.4 Å². The van der Waals surface area contributed by atoms with E-state index in [1.54, 1.807) is 0 Å². The Kier molecular flexibility index (Phi) is 1.29. The van der Waals surface area contributed by atoms with Crippen molar-refractivity contribution in [2.24, 2.45) is 0 Å². The maximum absolute atomic E-state index is 4.22. The highest BCUT2D eigenvalue weighted by Crippen LogP contribution is 2.13. The summed E-state index contributed by atoms with van der Waals surface area (Å²) in [5, 5.41) is 0. The largest absolute Gasteiger partial charge is 0.320 e. The van der Waals surface area contributed by atoms with Gasteiger partial charge in [0.1, 0.15) is 0 Å². The molecule has 52 valence electrons. The van der Waals surface area contributed by atoms with Crippen LogP contribution in [-0.2, 0) is 6.42 Å². The second kappa shape index (κ2) is 2.27. The summed E-state index contributed by atoms with van der Waals surface area (Å²) >= 11 is 0. The average Bonchev–Trinajstić information content (AvgIpc) is 2.05. The number of nitrogens with zero attached hydrogens (tertiary/aromatic N) is 1. The van der Waals surface area contributed by atoms with Gasteiger partial charge < -0.3 is 5.43 Å². The van der Waals surface area contributed by atoms with Crippen LogP contribution in [0, 0.1) is 0 Å². The fourth-order valence-electron chi connectivity index (χ4n) is 1.09. The molecule has 2 heterocycles. The number of pyridine rings is 1. The lowest BCUT2D eigenvalue weighted by Gasteiger charge is -2.16. The summed E-state index contributed by atoms with van der Waals surface area (Å²) in [5.74, 6) is 0. The zero-order valence-electron chi connectivity index (χ0n) is 5.59. The van der Waals surface area contributed by atoms with Crippen molar-refractivity contribution < 1.29 is 0 Å². The smallest absolute Gasteiger partial charge is 0.0704 e. The third-order valence-electron chi connectivity index (χ3n) is 1.60. The second-order valence-electron chi connectivity index (χ2n) is 2.30. The summed E-state index contributed by atoms with van der Waals surface area (Å²) in [6, 6.07) is 3.95. The van der Waals surface area contributed by atoms with Crippen LogP contribution in [0.25, 0.3) is 0 Å². The molecule has 0 unspecified atom stereocenters. The third kappa shape index (κ3) is 0.844. The molecular weight excluding hydrogens is 126 g/mol. The molecule has 1 aliphatic heterocycles. The van der Waals surface area contributed by atoms with Crippen LogP contribution in [-0.4, -0.2) is 11.5 Å². The van der Waals surface area contributed by atoms with Crippen LogP contribution in [0.2, 0.25) is 0 Å². The topological polar surface area (TPSA) is 37.0 Å². The molecule has 0 atom stereocenters. The molecular formula is C7H9N3. The van der Waals surface area contributed by atoms with Gasteiger partial charge in [0.2, 0.25) is 0 Å². The molecule has 2 N–H and O–H groups in total. The Hall–Kier alpha value is -1.09. The summed E-state index contributed by atoms with van der Waals surface area (Å²) in [4.78, 5) is 4.22. The molecule has 1 aromatic heterocycles. The number of nitrogens with one attached hydrogen (secondary N) is 2. The van der Waals surface area contributed by atoms with E-state index in [-0.39, 0.29) is 0 Å². The lowest BCUT2D eigenvalue weighted by atomic mass is 10.2. The number of rotatable bonds is 0. The van der Waals surface area contributed by atoms with E-state index < -0.39 is 0 Å². The van der Waals surface area contributed by atoms with Crippen LogP contribution < -0.4 is 10.9 Å². The Morgan fingerprint density at radius 3 is 3.40 bits per heavy atom. The lowest BCUT2D eigenvalue weighted by Crippen LogP contribution is -2.29. The minimum atomic E-state index is 0.962. The van der Waals surface area contributed by atoms with Gasteiger partial charge in [0.15, 0.2) is 0 Å². The van der Waals surface area contributed by atoms with Gasteiger partial charge in [-0.1, -0.05) is 0 Å². The van der Waals surface area contributed by atoms with Gasteiger partial charge in [-0.05, 0) is 12.1 Å². The molecule has 10 heavy (non-hydrogen) atoms. The van der Waals surface area contributed by atoms with Crippen LogP contribution in [0.1, 0.15) is 5.69 Å². The predicted molar refractivity (Wildman–Crippen MR) is 39.6 cm³/mol. The fraction of sp³-hybridized carbons (Fsp3) is 0.286. The standard InChI is InChI=1S/C7H9N3/c1-2-7-6(8-4-1)3-5-9-10-7/h1-2,4,9-10H,3,5H2. The summed E-state index contributed by atoms with van der Waals surface area (Å²) in [6.07, 6.45) is 2.84. The normalized spacial score (nSPS) is 15.6. The van der Waals surface area contributed by atoms with Crippen molar-refractivity contribution >= 4 is 5.69 Å². The van der Waals surface area contributed by atoms with E-state index in [0.29, 0.717) is 0 Å². The minimum absolute atomic E-state index is 0.962. The summed E-state index contributed by atoms with van der Waals surface area (Å²) in [5.41, 5.74) is 8.36. The highest BCUT2D eigenvalue weighted by atomic mass is 15.4. The van der Waals surface area contributed by atoms with Crippen LogP contribution in [0.3, 0.4) is 0 Å². The minimum Gasteiger partial charge on any atom is -0.320 e. The van der Waals surface area contributed by atoms with Gasteiger partial charge in [0.25, 0.3) is 0 Å². The number of aromatic nitrogens is 1. The quantitative estimate of drug-likeness (QED) is 0.545. The predicted octanol–water partition coefficient (Wildman–Crippen LogP) is 0.554. The van der Waals surface area contributed by atoms with Crippen molar-refractivity contribution in [2.45, 2.75) is 6.42 Å². The first kappa shape index (κ1) is 5.68. The number of anilines is 1. The molecule has 0 aromatic carbocycles. The Morgan fingerprint density at radius 1 is 1.50 bits per heavy atom. The van der Waals surface area contributed by atoms with Gasteiger partial charge in [-0.25, -0.2) is 5.43 Å². The number of hydrazine groups is 1. The first-order chi connectivity index (χ1) is 4.97. The van der Waals surface area contributed by atoms with Crippen molar-refractivity contribution in [3.8, 4) is 0 Å². The molecule has 0 aliphatic carbocycles. The van der Waals surface area contributed by atoms with Crippen LogP contribution in [0.5, 0.6) is 0 Å². The second-order valence-corrected chi connectivity index (χ2v) is 2.30. The van der Waals surface area contributed by atoms with E-state index in [2.05, 4.69) is 15.8 Å². The van der Waals surface area contributed by atoms with Gasteiger partial charge in [-0.15, -0.1) is 0 Å². The first-order valence-electron chi connectivity index (χ1n) is 3.39. The van der Waals surface area contributed by atoms with Crippen LogP contribution in [0.15, 0.2) is 18.3 Å². The van der Waals surface area contributed by atoms with Crippen molar-refractivity contribution in [1.29, 1.82) is 0 Å². The molecule has 1 aromatic rings. The molecule has 0 spiro atoms. The van der Waals surface area contributed by atoms with Gasteiger partial charge in [0, 0.05) is 19.2 Å². The Morgan fingerprint density at radius 2 is 2.50 bits per heavy atom. The molecule has 0 radical (unpaired) electrons. The van der Waals surface area contributed by atoms with Crippen molar-refractivity contribution in [3.63, 3.8) is 0 Å². The van der Waals surface area contributed by atoms with Crippen LogP contribution >= 0.6 is 0 Å². The third-order valence-corrected chi connectivity index (χ3v) is 1.60. The first-order valence-corrected chi connectivity index (χ1v) is 3.39. The molecule has 3 heteroatoms. The zero-order chi connectivity index (χ0) is 6.81. The van der Waals surface area contributed by atoms with Gasteiger partial charge >= 0.3 is 0 Å².